The maximum Gasteiger partial charge on any atom is 0.313 e. The van der Waals surface area contributed by atoms with Crippen molar-refractivity contribution in [1.29, 1.82) is 0 Å². The first-order valence-corrected chi connectivity index (χ1v) is 11.4. The van der Waals surface area contributed by atoms with Crippen LogP contribution in [0.15, 0.2) is 53.4 Å². The molecule has 5 heteroatoms. The molecule has 2 aromatic carbocycles. The van der Waals surface area contributed by atoms with Crippen molar-refractivity contribution in [2.75, 3.05) is 12.4 Å². The van der Waals surface area contributed by atoms with E-state index in [0.29, 0.717) is 10.8 Å². The SMILES string of the molecule is Cc1ccc(S(=O)(=O)CCCOC(=O)[C@@H](C)c2ccc(CC(C)C)cc2)cc1. The summed E-state index contributed by atoms with van der Waals surface area (Å²) >= 11 is 0. The number of hydrogen-bond donors (Lipinski definition) is 0. The van der Waals surface area contributed by atoms with E-state index in [4.69, 9.17) is 4.74 Å². The van der Waals surface area contributed by atoms with E-state index in [2.05, 4.69) is 13.8 Å². The highest BCUT2D eigenvalue weighted by Gasteiger charge is 2.18. The van der Waals surface area contributed by atoms with Crippen molar-refractivity contribution in [2.24, 2.45) is 5.92 Å². The molecular formula is C23H30O4S. The second-order valence-corrected chi connectivity index (χ2v) is 9.82. The quantitative estimate of drug-likeness (QED) is 0.450. The number of ether oxygens (including phenoxy) is 1. The molecule has 0 aliphatic rings. The zero-order valence-electron chi connectivity index (χ0n) is 17.1. The van der Waals surface area contributed by atoms with Crippen LogP contribution in [0.1, 0.15) is 49.8 Å². The predicted octanol–water partition coefficient (Wildman–Crippen LogP) is 4.70. The molecule has 2 rings (SSSR count). The molecule has 4 nitrogen and oxygen atoms in total. The van der Waals surface area contributed by atoms with Gasteiger partial charge in [-0.05, 0) is 55.9 Å². The highest BCUT2D eigenvalue weighted by molar-refractivity contribution is 7.91. The lowest BCUT2D eigenvalue weighted by Crippen LogP contribution is -2.16. The first-order valence-electron chi connectivity index (χ1n) is 9.74. The van der Waals surface area contributed by atoms with Crippen molar-refractivity contribution >= 4 is 15.8 Å². The summed E-state index contributed by atoms with van der Waals surface area (Å²) in [7, 11) is -3.35. The van der Waals surface area contributed by atoms with Gasteiger partial charge in [-0.25, -0.2) is 8.42 Å². The number of aryl methyl sites for hydroxylation is 1. The molecule has 0 unspecified atom stereocenters. The minimum atomic E-state index is -3.35. The van der Waals surface area contributed by atoms with Gasteiger partial charge >= 0.3 is 5.97 Å². The van der Waals surface area contributed by atoms with Gasteiger partial charge in [0.2, 0.25) is 0 Å². The molecule has 0 aliphatic heterocycles. The van der Waals surface area contributed by atoms with E-state index in [1.54, 1.807) is 24.3 Å². The van der Waals surface area contributed by atoms with E-state index in [-0.39, 0.29) is 30.7 Å². The van der Waals surface area contributed by atoms with Gasteiger partial charge in [0.25, 0.3) is 0 Å². The van der Waals surface area contributed by atoms with Gasteiger partial charge in [0.15, 0.2) is 9.84 Å². The van der Waals surface area contributed by atoms with E-state index in [1.807, 2.05) is 38.1 Å². The molecule has 2 aromatic rings. The Balaban J connectivity index is 1.82. The number of benzene rings is 2. The van der Waals surface area contributed by atoms with Crippen molar-refractivity contribution in [2.45, 2.75) is 51.3 Å². The van der Waals surface area contributed by atoms with Crippen LogP contribution in [0.5, 0.6) is 0 Å². The molecule has 28 heavy (non-hydrogen) atoms. The largest absolute Gasteiger partial charge is 0.465 e. The number of sulfone groups is 1. The Morgan fingerprint density at radius 2 is 1.57 bits per heavy atom. The Kier molecular flexibility index (Phi) is 7.81. The number of esters is 1. The number of rotatable bonds is 9. The van der Waals surface area contributed by atoms with Gasteiger partial charge < -0.3 is 4.74 Å². The van der Waals surface area contributed by atoms with E-state index in [9.17, 15) is 13.2 Å². The average Bonchev–Trinajstić information content (AvgIpc) is 2.65. The van der Waals surface area contributed by atoms with Crippen LogP contribution >= 0.6 is 0 Å². The third-order valence-electron chi connectivity index (χ3n) is 4.66. The second-order valence-electron chi connectivity index (χ2n) is 7.71. The molecule has 0 N–H and O–H groups in total. The molecule has 0 saturated heterocycles. The van der Waals surface area contributed by atoms with Crippen LogP contribution in [-0.4, -0.2) is 26.7 Å². The van der Waals surface area contributed by atoms with Gasteiger partial charge in [0.1, 0.15) is 0 Å². The zero-order chi connectivity index (χ0) is 20.7. The minimum absolute atomic E-state index is 0.0401. The lowest BCUT2D eigenvalue weighted by Gasteiger charge is -2.13. The van der Waals surface area contributed by atoms with Gasteiger partial charge in [-0.15, -0.1) is 0 Å². The van der Waals surface area contributed by atoms with Crippen LogP contribution in [0, 0.1) is 12.8 Å². The van der Waals surface area contributed by atoms with Crippen molar-refractivity contribution < 1.29 is 17.9 Å². The standard InChI is InChI=1S/C23H30O4S/c1-17(2)16-20-8-10-21(11-9-20)19(4)23(24)27-14-5-15-28(25,26)22-12-6-18(3)7-13-22/h6-13,17,19H,5,14-16H2,1-4H3/t19-/m0/s1. The van der Waals surface area contributed by atoms with Crippen molar-refractivity contribution in [3.63, 3.8) is 0 Å². The van der Waals surface area contributed by atoms with Crippen LogP contribution in [0.3, 0.4) is 0 Å². The normalized spacial score (nSPS) is 12.8. The monoisotopic (exact) mass is 402 g/mol. The Hall–Kier alpha value is -2.14. The van der Waals surface area contributed by atoms with Gasteiger partial charge in [-0.1, -0.05) is 55.8 Å². The molecule has 0 fully saturated rings. The molecule has 0 spiro atoms. The fourth-order valence-electron chi connectivity index (χ4n) is 2.96. The van der Waals surface area contributed by atoms with Crippen LogP contribution in [0.25, 0.3) is 0 Å². The molecule has 0 amide bonds. The summed E-state index contributed by atoms with van der Waals surface area (Å²) in [6.07, 6.45) is 1.29. The molecule has 0 saturated carbocycles. The maximum atomic E-state index is 12.3. The zero-order valence-corrected chi connectivity index (χ0v) is 18.0. The molecule has 1 atom stereocenters. The van der Waals surface area contributed by atoms with E-state index in [1.165, 1.54) is 5.56 Å². The first-order chi connectivity index (χ1) is 13.2. The third kappa shape index (κ3) is 6.48. The highest BCUT2D eigenvalue weighted by atomic mass is 32.2. The van der Waals surface area contributed by atoms with Crippen LogP contribution in [0.4, 0.5) is 0 Å². The summed E-state index contributed by atoms with van der Waals surface area (Å²) < 4.78 is 29.9. The van der Waals surface area contributed by atoms with Crippen molar-refractivity contribution in [1.82, 2.24) is 0 Å². The molecular weight excluding hydrogens is 372 g/mol. The molecule has 0 aliphatic carbocycles. The Morgan fingerprint density at radius 3 is 2.14 bits per heavy atom. The number of carbonyl (C=O) groups is 1. The average molecular weight is 403 g/mol. The van der Waals surface area contributed by atoms with Gasteiger partial charge in [-0.3, -0.25) is 4.79 Å². The summed E-state index contributed by atoms with van der Waals surface area (Å²) in [6.45, 7) is 8.16. The molecule has 0 aromatic heterocycles. The van der Waals surface area contributed by atoms with Crippen LogP contribution in [-0.2, 0) is 25.8 Å². The Labute approximate surface area is 168 Å². The summed E-state index contributed by atoms with van der Waals surface area (Å²) in [5.74, 6) is -0.155. The first kappa shape index (κ1) is 22.2. The highest BCUT2D eigenvalue weighted by Crippen LogP contribution is 2.19. The lowest BCUT2D eigenvalue weighted by molar-refractivity contribution is -0.145. The fraction of sp³-hybridized carbons (Fsp3) is 0.435. The van der Waals surface area contributed by atoms with Crippen LogP contribution in [0.2, 0.25) is 0 Å². The topological polar surface area (TPSA) is 60.4 Å². The molecule has 0 bridgehead atoms. The number of hydrogen-bond acceptors (Lipinski definition) is 4. The third-order valence-corrected chi connectivity index (χ3v) is 6.48. The van der Waals surface area contributed by atoms with E-state index < -0.39 is 9.84 Å². The second kappa shape index (κ2) is 9.87. The fourth-order valence-corrected chi connectivity index (χ4v) is 4.24. The maximum absolute atomic E-state index is 12.3. The van der Waals surface area contributed by atoms with Crippen LogP contribution < -0.4 is 0 Å². The number of carbonyl (C=O) groups excluding carboxylic acids is 1. The van der Waals surface area contributed by atoms with E-state index >= 15 is 0 Å². The smallest absolute Gasteiger partial charge is 0.313 e. The summed E-state index contributed by atoms with van der Waals surface area (Å²) in [5, 5.41) is 0. The minimum Gasteiger partial charge on any atom is -0.465 e. The van der Waals surface area contributed by atoms with Crippen molar-refractivity contribution in [3.8, 4) is 0 Å². The molecule has 0 radical (unpaired) electrons. The van der Waals surface area contributed by atoms with Gasteiger partial charge in [-0.2, -0.15) is 0 Å². The van der Waals surface area contributed by atoms with Gasteiger partial charge in [0, 0.05) is 0 Å². The molecule has 152 valence electrons. The summed E-state index contributed by atoms with van der Waals surface area (Å²) in [4.78, 5) is 12.6. The Morgan fingerprint density at radius 1 is 0.964 bits per heavy atom. The predicted molar refractivity (Wildman–Crippen MR) is 112 cm³/mol. The van der Waals surface area contributed by atoms with Crippen molar-refractivity contribution in [3.05, 3.63) is 65.2 Å². The Bertz CT molecular complexity index is 866. The molecule has 0 heterocycles. The van der Waals surface area contributed by atoms with E-state index in [0.717, 1.165) is 17.5 Å². The lowest BCUT2D eigenvalue weighted by atomic mass is 9.97. The summed E-state index contributed by atoms with van der Waals surface area (Å²) in [5.41, 5.74) is 3.17. The summed E-state index contributed by atoms with van der Waals surface area (Å²) in [6, 6.07) is 14.8. The van der Waals surface area contributed by atoms with Gasteiger partial charge in [0.05, 0.1) is 23.2 Å².